The Kier molecular flexibility index (Phi) is 5.44. The van der Waals surface area contributed by atoms with E-state index >= 15 is 0 Å². The van der Waals surface area contributed by atoms with Crippen LogP contribution >= 0.6 is 23.2 Å². The van der Waals surface area contributed by atoms with Gasteiger partial charge < -0.3 is 10.6 Å². The molecule has 0 bridgehead atoms. The lowest BCUT2D eigenvalue weighted by Gasteiger charge is -2.13. The number of carbonyl (C=O) groups excluding carboxylic acids is 2. The zero-order valence-electron chi connectivity index (χ0n) is 10.1. The average molecular weight is 289 g/mol. The van der Waals surface area contributed by atoms with Crippen LogP contribution in [0.25, 0.3) is 0 Å². The second kappa shape index (κ2) is 6.61. The van der Waals surface area contributed by atoms with Crippen molar-refractivity contribution in [1.29, 1.82) is 0 Å². The summed E-state index contributed by atoms with van der Waals surface area (Å²) >= 11 is 11.7. The third-order valence-corrected chi connectivity index (χ3v) is 2.92. The predicted octanol–water partition coefficient (Wildman–Crippen LogP) is 3.48. The maximum atomic E-state index is 11.6. The Balaban J connectivity index is 2.65. The minimum Gasteiger partial charge on any atom is -0.328 e. The molecule has 1 unspecified atom stereocenters. The van der Waals surface area contributed by atoms with Gasteiger partial charge in [0.15, 0.2) is 5.78 Å². The molecule has 0 aromatic heterocycles. The summed E-state index contributed by atoms with van der Waals surface area (Å²) < 4.78 is 0. The molecule has 4 nitrogen and oxygen atoms in total. The highest BCUT2D eigenvalue weighted by molar-refractivity contribution is 6.35. The summed E-state index contributed by atoms with van der Waals surface area (Å²) in [5.41, 5.74) is 0.401. The number of amides is 2. The van der Waals surface area contributed by atoms with Gasteiger partial charge >= 0.3 is 6.03 Å². The van der Waals surface area contributed by atoms with E-state index in [2.05, 4.69) is 10.6 Å². The fourth-order valence-corrected chi connectivity index (χ4v) is 1.67. The van der Waals surface area contributed by atoms with Crippen molar-refractivity contribution >= 4 is 40.7 Å². The number of halogens is 2. The predicted molar refractivity (Wildman–Crippen MR) is 73.4 cm³/mol. The van der Waals surface area contributed by atoms with Crippen molar-refractivity contribution < 1.29 is 9.59 Å². The Labute approximate surface area is 116 Å². The summed E-state index contributed by atoms with van der Waals surface area (Å²) in [7, 11) is 0. The van der Waals surface area contributed by atoms with Crippen LogP contribution in [0.5, 0.6) is 0 Å². The molecule has 0 aliphatic heterocycles. The number of ketones is 1. The number of anilines is 1. The quantitative estimate of drug-likeness (QED) is 0.891. The lowest BCUT2D eigenvalue weighted by Crippen LogP contribution is -2.40. The standard InChI is InChI=1S/C12H14Cl2N2O2/c1-3-11(17)7(2)15-12(18)16-10-6-8(13)4-5-9(10)14/h4-7H,3H2,1-2H3,(H2,15,16,18). The number of carbonyl (C=O) groups is 2. The molecule has 0 aliphatic rings. The number of hydrogen-bond donors (Lipinski definition) is 2. The van der Waals surface area contributed by atoms with E-state index in [1.807, 2.05) is 0 Å². The molecule has 0 saturated carbocycles. The van der Waals surface area contributed by atoms with Gasteiger partial charge in [-0.2, -0.15) is 0 Å². The fourth-order valence-electron chi connectivity index (χ4n) is 1.34. The van der Waals surface area contributed by atoms with Gasteiger partial charge in [0.1, 0.15) is 0 Å². The third-order valence-electron chi connectivity index (χ3n) is 2.36. The van der Waals surface area contributed by atoms with Crippen LogP contribution in [0.4, 0.5) is 10.5 Å². The molecule has 18 heavy (non-hydrogen) atoms. The number of urea groups is 1. The van der Waals surface area contributed by atoms with Gasteiger partial charge in [0.25, 0.3) is 0 Å². The summed E-state index contributed by atoms with van der Waals surface area (Å²) in [5.74, 6) is -0.0395. The highest BCUT2D eigenvalue weighted by atomic mass is 35.5. The van der Waals surface area contributed by atoms with Crippen LogP contribution in [0.1, 0.15) is 20.3 Å². The van der Waals surface area contributed by atoms with Crippen molar-refractivity contribution in [3.63, 3.8) is 0 Å². The molecule has 2 amide bonds. The second-order valence-corrected chi connectivity index (χ2v) is 4.61. The maximum absolute atomic E-state index is 11.6. The van der Waals surface area contributed by atoms with E-state index in [0.29, 0.717) is 22.2 Å². The van der Waals surface area contributed by atoms with Crippen molar-refractivity contribution in [3.8, 4) is 0 Å². The van der Waals surface area contributed by atoms with Crippen LogP contribution in [-0.4, -0.2) is 17.9 Å². The Morgan fingerprint density at radius 1 is 1.33 bits per heavy atom. The molecular weight excluding hydrogens is 275 g/mol. The van der Waals surface area contributed by atoms with Crippen LogP contribution in [0.2, 0.25) is 10.0 Å². The molecule has 0 aliphatic carbocycles. The molecule has 1 atom stereocenters. The van der Waals surface area contributed by atoms with Gasteiger partial charge in [-0.1, -0.05) is 30.1 Å². The van der Waals surface area contributed by atoms with Crippen LogP contribution < -0.4 is 10.6 Å². The second-order valence-electron chi connectivity index (χ2n) is 3.76. The Morgan fingerprint density at radius 3 is 2.61 bits per heavy atom. The smallest absolute Gasteiger partial charge is 0.319 e. The van der Waals surface area contributed by atoms with Crippen LogP contribution in [-0.2, 0) is 4.79 Å². The van der Waals surface area contributed by atoms with Gasteiger partial charge in [0, 0.05) is 11.4 Å². The molecule has 98 valence electrons. The summed E-state index contributed by atoms with van der Waals surface area (Å²) in [5, 5.41) is 5.91. The molecule has 0 radical (unpaired) electrons. The van der Waals surface area contributed by atoms with Crippen LogP contribution in [0.3, 0.4) is 0 Å². The third kappa shape index (κ3) is 4.20. The lowest BCUT2D eigenvalue weighted by molar-refractivity contribution is -0.120. The Bertz CT molecular complexity index is 463. The molecule has 6 heteroatoms. The monoisotopic (exact) mass is 288 g/mol. The Morgan fingerprint density at radius 2 is 2.00 bits per heavy atom. The number of nitrogens with one attached hydrogen (secondary N) is 2. The normalized spacial score (nSPS) is 11.8. The first-order valence-corrected chi connectivity index (χ1v) is 6.25. The minimum atomic E-state index is -0.534. The highest BCUT2D eigenvalue weighted by Gasteiger charge is 2.14. The number of hydrogen-bond acceptors (Lipinski definition) is 2. The molecule has 1 aromatic rings. The topological polar surface area (TPSA) is 58.2 Å². The maximum Gasteiger partial charge on any atom is 0.319 e. The van der Waals surface area contributed by atoms with E-state index in [0.717, 1.165) is 0 Å². The summed E-state index contributed by atoms with van der Waals surface area (Å²) in [4.78, 5) is 23.0. The summed E-state index contributed by atoms with van der Waals surface area (Å²) in [6, 6.07) is 3.72. The summed E-state index contributed by atoms with van der Waals surface area (Å²) in [6.45, 7) is 3.37. The number of rotatable bonds is 4. The molecular formula is C12H14Cl2N2O2. The zero-order valence-corrected chi connectivity index (χ0v) is 11.6. The lowest BCUT2D eigenvalue weighted by atomic mass is 10.2. The van der Waals surface area contributed by atoms with Gasteiger partial charge in [-0.05, 0) is 25.1 Å². The molecule has 1 rings (SSSR count). The molecule has 0 saturated heterocycles. The van der Waals surface area contributed by atoms with Crippen molar-refractivity contribution in [2.45, 2.75) is 26.3 Å². The Hall–Kier alpha value is -1.26. The van der Waals surface area contributed by atoms with E-state index < -0.39 is 12.1 Å². The number of benzene rings is 1. The van der Waals surface area contributed by atoms with Crippen molar-refractivity contribution in [1.82, 2.24) is 5.32 Å². The van der Waals surface area contributed by atoms with Crippen molar-refractivity contribution in [2.75, 3.05) is 5.32 Å². The van der Waals surface area contributed by atoms with E-state index in [4.69, 9.17) is 23.2 Å². The summed E-state index contributed by atoms with van der Waals surface area (Å²) in [6.07, 6.45) is 0.374. The van der Waals surface area contributed by atoms with E-state index in [1.54, 1.807) is 26.0 Å². The van der Waals surface area contributed by atoms with Gasteiger partial charge in [-0.3, -0.25) is 4.79 Å². The SMILES string of the molecule is CCC(=O)C(C)NC(=O)Nc1cc(Cl)ccc1Cl. The van der Waals surface area contributed by atoms with Gasteiger partial charge in [0.05, 0.1) is 16.8 Å². The molecule has 1 aromatic carbocycles. The van der Waals surface area contributed by atoms with E-state index in [9.17, 15) is 9.59 Å². The molecule has 2 N–H and O–H groups in total. The van der Waals surface area contributed by atoms with E-state index in [1.165, 1.54) is 6.07 Å². The van der Waals surface area contributed by atoms with Crippen LogP contribution in [0.15, 0.2) is 18.2 Å². The first-order valence-electron chi connectivity index (χ1n) is 5.49. The van der Waals surface area contributed by atoms with Gasteiger partial charge in [-0.15, -0.1) is 0 Å². The first kappa shape index (κ1) is 14.8. The largest absolute Gasteiger partial charge is 0.328 e. The average Bonchev–Trinajstić information content (AvgIpc) is 2.32. The van der Waals surface area contributed by atoms with Crippen molar-refractivity contribution in [2.24, 2.45) is 0 Å². The van der Waals surface area contributed by atoms with Gasteiger partial charge in [-0.25, -0.2) is 4.79 Å². The first-order chi connectivity index (χ1) is 8.43. The fraction of sp³-hybridized carbons (Fsp3) is 0.333. The molecule has 0 spiro atoms. The highest BCUT2D eigenvalue weighted by Crippen LogP contribution is 2.25. The van der Waals surface area contributed by atoms with E-state index in [-0.39, 0.29) is 5.78 Å². The molecule has 0 fully saturated rings. The van der Waals surface area contributed by atoms with Gasteiger partial charge in [0.2, 0.25) is 0 Å². The minimum absolute atomic E-state index is 0.0395. The zero-order chi connectivity index (χ0) is 13.7. The van der Waals surface area contributed by atoms with Crippen LogP contribution in [0, 0.1) is 0 Å². The molecule has 0 heterocycles. The number of Topliss-reactive ketones (excluding diaryl/α,β-unsaturated/α-hetero) is 1. The van der Waals surface area contributed by atoms with Crippen molar-refractivity contribution in [3.05, 3.63) is 28.2 Å².